The molecular formula is C15H11Cl4NO3S. The van der Waals surface area contributed by atoms with Crippen LogP contribution in [0.15, 0.2) is 47.4 Å². The molecule has 0 aliphatic carbocycles. The minimum atomic E-state index is -4.20. The van der Waals surface area contributed by atoms with E-state index in [1.807, 2.05) is 0 Å². The van der Waals surface area contributed by atoms with E-state index in [9.17, 15) is 13.2 Å². The quantitative estimate of drug-likeness (QED) is 0.632. The van der Waals surface area contributed by atoms with Gasteiger partial charge in [-0.2, -0.15) is 0 Å². The van der Waals surface area contributed by atoms with Gasteiger partial charge in [0.05, 0.1) is 10.7 Å². The van der Waals surface area contributed by atoms with Crippen molar-refractivity contribution in [2.75, 3.05) is 4.31 Å². The normalized spacial score (nSPS) is 12.7. The fraction of sp³-hybridized carbons (Fsp3) is 0.133. The Hall–Kier alpha value is -0.980. The molecule has 0 saturated heterocycles. The molecule has 0 amide bonds. The molecule has 0 aliphatic rings. The van der Waals surface area contributed by atoms with Crippen LogP contribution in [0.4, 0.5) is 5.69 Å². The molecule has 2 rings (SSSR count). The lowest BCUT2D eigenvalue weighted by Gasteiger charge is -2.28. The Bertz CT molecular complexity index is 869. The van der Waals surface area contributed by atoms with Crippen molar-refractivity contribution in [1.29, 1.82) is 0 Å². The lowest BCUT2D eigenvalue weighted by Crippen LogP contribution is -2.42. The van der Waals surface area contributed by atoms with E-state index >= 15 is 0 Å². The fourth-order valence-corrected chi connectivity index (χ4v) is 4.67. The summed E-state index contributed by atoms with van der Waals surface area (Å²) < 4.78 is 27.0. The van der Waals surface area contributed by atoms with Crippen molar-refractivity contribution < 1.29 is 13.2 Å². The molecule has 0 spiro atoms. The van der Waals surface area contributed by atoms with Crippen LogP contribution >= 0.6 is 46.4 Å². The summed E-state index contributed by atoms with van der Waals surface area (Å²) >= 11 is 23.3. The fourth-order valence-electron chi connectivity index (χ4n) is 2.03. The van der Waals surface area contributed by atoms with E-state index in [4.69, 9.17) is 46.4 Å². The number of nitrogens with zero attached hydrogens (tertiary/aromatic N) is 1. The summed E-state index contributed by atoms with van der Waals surface area (Å²) in [6.45, 7) is 1.37. The van der Waals surface area contributed by atoms with Gasteiger partial charge >= 0.3 is 0 Å². The molecule has 0 saturated carbocycles. The predicted octanol–water partition coefficient (Wildman–Crippen LogP) is 5.00. The van der Waals surface area contributed by atoms with Crippen LogP contribution in [0.1, 0.15) is 6.92 Å². The minimum absolute atomic E-state index is 0.0208. The van der Waals surface area contributed by atoms with Crippen LogP contribution in [0, 0.1) is 0 Å². The number of rotatable bonds is 5. The largest absolute Gasteiger partial charge is 0.279 e. The topological polar surface area (TPSA) is 54.5 Å². The van der Waals surface area contributed by atoms with Crippen molar-refractivity contribution in [2.45, 2.75) is 17.9 Å². The molecule has 0 heterocycles. The van der Waals surface area contributed by atoms with Gasteiger partial charge < -0.3 is 0 Å². The molecule has 0 fully saturated rings. The number of carbonyl (C=O) groups excluding carboxylic acids is 1. The summed E-state index contributed by atoms with van der Waals surface area (Å²) in [5.74, 6) is 0. The minimum Gasteiger partial charge on any atom is -0.279 e. The molecule has 0 bridgehead atoms. The summed E-state index contributed by atoms with van der Waals surface area (Å²) in [5.41, 5.74) is 0.219. The van der Waals surface area contributed by atoms with Crippen LogP contribution in [-0.4, -0.2) is 19.7 Å². The Morgan fingerprint density at radius 2 is 1.54 bits per heavy atom. The second-order valence-corrected chi connectivity index (χ2v) is 8.27. The van der Waals surface area contributed by atoms with Gasteiger partial charge in [0.1, 0.15) is 10.9 Å². The zero-order valence-corrected chi connectivity index (χ0v) is 16.1. The highest BCUT2D eigenvalue weighted by Gasteiger charge is 2.34. The molecule has 2 aromatic rings. The first kappa shape index (κ1) is 19.3. The van der Waals surface area contributed by atoms with Crippen LogP contribution in [0.5, 0.6) is 0 Å². The summed E-state index contributed by atoms with van der Waals surface area (Å²) in [6.07, 6.45) is 0. The molecule has 0 aliphatic heterocycles. The summed E-state index contributed by atoms with van der Waals surface area (Å²) in [5, 5.41) is -0.250. The van der Waals surface area contributed by atoms with Gasteiger partial charge in [-0.15, -0.1) is 0 Å². The maximum atomic E-state index is 13.1. The first-order chi connectivity index (χ1) is 11.1. The highest BCUT2D eigenvalue weighted by Crippen LogP contribution is 2.33. The van der Waals surface area contributed by atoms with Gasteiger partial charge in [0.15, 0.2) is 0 Å². The Morgan fingerprint density at radius 3 is 2.08 bits per heavy atom. The molecule has 1 atom stereocenters. The SMILES string of the molecule is CC(C(=O)Cl)N(c1ccc(Cl)cc1)S(=O)(=O)c1cc(Cl)ccc1Cl. The Morgan fingerprint density at radius 1 is 1.00 bits per heavy atom. The lowest BCUT2D eigenvalue weighted by atomic mass is 10.3. The monoisotopic (exact) mass is 425 g/mol. The van der Waals surface area contributed by atoms with Crippen LogP contribution in [-0.2, 0) is 14.8 Å². The van der Waals surface area contributed by atoms with E-state index in [0.29, 0.717) is 5.02 Å². The lowest BCUT2D eigenvalue weighted by molar-refractivity contribution is -0.112. The third kappa shape index (κ3) is 3.98. The number of anilines is 1. The second kappa shape index (κ2) is 7.50. The summed E-state index contributed by atoms with van der Waals surface area (Å²) in [6, 6.07) is 8.83. The van der Waals surface area contributed by atoms with Crippen molar-refractivity contribution in [3.05, 3.63) is 57.5 Å². The maximum Gasteiger partial charge on any atom is 0.266 e. The predicted molar refractivity (Wildman–Crippen MR) is 97.9 cm³/mol. The first-order valence-electron chi connectivity index (χ1n) is 6.59. The molecule has 0 radical (unpaired) electrons. The third-order valence-corrected chi connectivity index (χ3v) is 6.37. The summed E-state index contributed by atoms with van der Waals surface area (Å²) in [7, 11) is -4.20. The number of hydrogen-bond acceptors (Lipinski definition) is 3. The van der Waals surface area contributed by atoms with E-state index < -0.39 is 21.3 Å². The van der Waals surface area contributed by atoms with Crippen molar-refractivity contribution in [2.24, 2.45) is 0 Å². The molecule has 0 N–H and O–H groups in total. The molecule has 0 aromatic heterocycles. The van der Waals surface area contributed by atoms with Gasteiger partial charge in [0, 0.05) is 10.0 Å². The van der Waals surface area contributed by atoms with Gasteiger partial charge in [-0.3, -0.25) is 9.10 Å². The molecule has 2 aromatic carbocycles. The second-order valence-electron chi connectivity index (χ2n) is 4.83. The number of halogens is 4. The van der Waals surface area contributed by atoms with E-state index in [1.165, 1.54) is 49.4 Å². The van der Waals surface area contributed by atoms with Crippen molar-refractivity contribution in [3.8, 4) is 0 Å². The number of sulfonamides is 1. The van der Waals surface area contributed by atoms with Crippen LogP contribution < -0.4 is 4.31 Å². The van der Waals surface area contributed by atoms with Crippen LogP contribution in [0.25, 0.3) is 0 Å². The average molecular weight is 427 g/mol. The van der Waals surface area contributed by atoms with E-state index in [2.05, 4.69) is 0 Å². The Balaban J connectivity index is 2.67. The van der Waals surface area contributed by atoms with Crippen molar-refractivity contribution in [1.82, 2.24) is 0 Å². The van der Waals surface area contributed by atoms with Gasteiger partial charge in [-0.05, 0) is 61.0 Å². The molecule has 4 nitrogen and oxygen atoms in total. The zero-order chi connectivity index (χ0) is 18.1. The molecule has 1 unspecified atom stereocenters. The number of hydrogen-bond donors (Lipinski definition) is 0. The molecule has 9 heteroatoms. The van der Waals surface area contributed by atoms with Crippen LogP contribution in [0.2, 0.25) is 15.1 Å². The maximum absolute atomic E-state index is 13.1. The smallest absolute Gasteiger partial charge is 0.266 e. The van der Waals surface area contributed by atoms with Crippen LogP contribution in [0.3, 0.4) is 0 Å². The van der Waals surface area contributed by atoms with E-state index in [0.717, 1.165) is 4.31 Å². The number of benzene rings is 2. The zero-order valence-electron chi connectivity index (χ0n) is 12.2. The Labute approximate surface area is 159 Å². The summed E-state index contributed by atoms with van der Waals surface area (Å²) in [4.78, 5) is 11.4. The standard InChI is InChI=1S/C15H11Cl4NO3S/c1-9(15(19)21)20(12-5-2-10(16)3-6-12)24(22,23)14-8-11(17)4-7-13(14)18/h2-9H,1H3. The van der Waals surface area contributed by atoms with E-state index in [-0.39, 0.29) is 20.6 Å². The third-order valence-electron chi connectivity index (χ3n) is 3.19. The van der Waals surface area contributed by atoms with Gasteiger partial charge in [-0.1, -0.05) is 34.8 Å². The van der Waals surface area contributed by atoms with Gasteiger partial charge in [0.2, 0.25) is 5.24 Å². The van der Waals surface area contributed by atoms with Crippen molar-refractivity contribution >= 4 is 67.4 Å². The van der Waals surface area contributed by atoms with Crippen molar-refractivity contribution in [3.63, 3.8) is 0 Å². The first-order valence-corrected chi connectivity index (χ1v) is 9.54. The molecule has 128 valence electrons. The van der Waals surface area contributed by atoms with Gasteiger partial charge in [-0.25, -0.2) is 8.42 Å². The highest BCUT2D eigenvalue weighted by molar-refractivity contribution is 7.93. The highest BCUT2D eigenvalue weighted by atomic mass is 35.5. The molecule has 24 heavy (non-hydrogen) atoms. The van der Waals surface area contributed by atoms with E-state index in [1.54, 1.807) is 0 Å². The molecular weight excluding hydrogens is 416 g/mol. The average Bonchev–Trinajstić information content (AvgIpc) is 2.51. The van der Waals surface area contributed by atoms with Gasteiger partial charge in [0.25, 0.3) is 10.0 Å². The Kier molecular flexibility index (Phi) is 6.04. The number of carbonyl (C=O) groups is 1.